The van der Waals surface area contributed by atoms with Gasteiger partial charge in [0.05, 0.1) is 5.01 Å². The number of amides is 1. The minimum absolute atomic E-state index is 0. The summed E-state index contributed by atoms with van der Waals surface area (Å²) in [6.45, 7) is 8.26. The molecule has 3 heterocycles. The molecule has 4 nitrogen and oxygen atoms in total. The van der Waals surface area contributed by atoms with Crippen LogP contribution in [0.3, 0.4) is 0 Å². The Labute approximate surface area is 148 Å². The summed E-state index contributed by atoms with van der Waals surface area (Å²) in [5.41, 5.74) is 1.10. The monoisotopic (exact) mass is 365 g/mol. The summed E-state index contributed by atoms with van der Waals surface area (Å²) < 4.78 is 0. The number of halogens is 2. The van der Waals surface area contributed by atoms with E-state index < -0.39 is 0 Å². The van der Waals surface area contributed by atoms with Crippen LogP contribution in [0, 0.1) is 5.41 Å². The number of hydrogen-bond donors (Lipinski definition) is 1. The first-order valence-corrected chi connectivity index (χ1v) is 8.43. The van der Waals surface area contributed by atoms with E-state index in [0.29, 0.717) is 17.0 Å². The highest BCUT2D eigenvalue weighted by molar-refractivity contribution is 7.09. The highest BCUT2D eigenvalue weighted by Crippen LogP contribution is 2.37. The van der Waals surface area contributed by atoms with Gasteiger partial charge < -0.3 is 10.2 Å². The van der Waals surface area contributed by atoms with Gasteiger partial charge in [-0.05, 0) is 31.2 Å². The second-order valence-corrected chi connectivity index (χ2v) is 7.33. The van der Waals surface area contributed by atoms with Gasteiger partial charge in [-0.15, -0.1) is 36.2 Å². The lowest BCUT2D eigenvalue weighted by molar-refractivity contribution is 0.0602. The number of thiazole rings is 1. The molecule has 1 amide bonds. The highest BCUT2D eigenvalue weighted by atomic mass is 35.5. The van der Waals surface area contributed by atoms with Crippen molar-refractivity contribution in [1.29, 1.82) is 0 Å². The van der Waals surface area contributed by atoms with Gasteiger partial charge in [-0.1, -0.05) is 13.8 Å². The zero-order valence-electron chi connectivity index (χ0n) is 13.1. The number of rotatable bonds is 2. The molecule has 0 unspecified atom stereocenters. The lowest BCUT2D eigenvalue weighted by Gasteiger charge is -2.38. The molecule has 2 aliphatic heterocycles. The average molecular weight is 366 g/mol. The van der Waals surface area contributed by atoms with Crippen LogP contribution in [0.25, 0.3) is 0 Å². The van der Waals surface area contributed by atoms with E-state index in [1.165, 1.54) is 6.42 Å². The van der Waals surface area contributed by atoms with Crippen molar-refractivity contribution in [1.82, 2.24) is 15.2 Å². The molecule has 0 saturated carbocycles. The van der Waals surface area contributed by atoms with Crippen molar-refractivity contribution in [2.45, 2.75) is 39.0 Å². The van der Waals surface area contributed by atoms with Crippen LogP contribution >= 0.6 is 36.2 Å². The van der Waals surface area contributed by atoms with Crippen molar-refractivity contribution < 1.29 is 4.79 Å². The van der Waals surface area contributed by atoms with Gasteiger partial charge in [0.1, 0.15) is 5.69 Å². The van der Waals surface area contributed by atoms with E-state index in [1.54, 1.807) is 11.3 Å². The minimum atomic E-state index is 0. The molecule has 3 rings (SSSR count). The number of likely N-dealkylation sites (tertiary alicyclic amines) is 1. The van der Waals surface area contributed by atoms with Crippen molar-refractivity contribution >= 4 is 42.1 Å². The van der Waals surface area contributed by atoms with Crippen molar-refractivity contribution in [2.24, 2.45) is 5.41 Å². The SMILES string of the molecule is CC(C)c1nc(C(=O)N2CCC3(CCNC3)CC2)cs1.Cl.Cl. The first-order chi connectivity index (χ1) is 9.60. The summed E-state index contributed by atoms with van der Waals surface area (Å²) in [6, 6.07) is 0. The van der Waals surface area contributed by atoms with Crippen LogP contribution in [0.2, 0.25) is 0 Å². The highest BCUT2D eigenvalue weighted by Gasteiger charge is 2.38. The molecule has 1 N–H and O–H groups in total. The molecular weight excluding hydrogens is 341 g/mol. The molecule has 0 aromatic carbocycles. The van der Waals surface area contributed by atoms with E-state index in [2.05, 4.69) is 24.1 Å². The molecule has 0 atom stereocenters. The van der Waals surface area contributed by atoms with Gasteiger partial charge >= 0.3 is 0 Å². The minimum Gasteiger partial charge on any atom is -0.337 e. The van der Waals surface area contributed by atoms with E-state index in [4.69, 9.17) is 0 Å². The molecule has 2 fully saturated rings. The van der Waals surface area contributed by atoms with Gasteiger partial charge in [0.15, 0.2) is 0 Å². The third kappa shape index (κ3) is 3.94. The third-order valence-corrected chi connectivity index (χ3v) is 5.82. The zero-order valence-corrected chi connectivity index (χ0v) is 15.6. The van der Waals surface area contributed by atoms with Crippen LogP contribution in [-0.4, -0.2) is 42.0 Å². The van der Waals surface area contributed by atoms with Crippen LogP contribution in [-0.2, 0) is 0 Å². The summed E-state index contributed by atoms with van der Waals surface area (Å²) >= 11 is 1.60. The molecular formula is C15H25Cl2N3OS. The Morgan fingerprint density at radius 1 is 1.32 bits per heavy atom. The number of carbonyl (C=O) groups excluding carboxylic acids is 1. The summed E-state index contributed by atoms with van der Waals surface area (Å²) in [6.07, 6.45) is 3.53. The molecule has 2 saturated heterocycles. The van der Waals surface area contributed by atoms with Crippen molar-refractivity contribution in [3.63, 3.8) is 0 Å². The third-order valence-electron chi connectivity index (χ3n) is 4.68. The van der Waals surface area contributed by atoms with Gasteiger partial charge in [0.25, 0.3) is 5.91 Å². The first kappa shape index (κ1) is 19.7. The second kappa shape index (κ2) is 7.95. The maximum Gasteiger partial charge on any atom is 0.273 e. The Hall–Kier alpha value is -0.360. The summed E-state index contributed by atoms with van der Waals surface area (Å²) in [5, 5.41) is 6.43. The summed E-state index contributed by atoms with van der Waals surface area (Å²) in [4.78, 5) is 19.0. The standard InChI is InChI=1S/C15H23N3OS.2ClH/c1-11(2)13-17-12(9-20-13)14(19)18-7-4-15(5-8-18)3-6-16-10-15;;/h9,11,16H,3-8,10H2,1-2H3;2*1H. The lowest BCUT2D eigenvalue weighted by atomic mass is 9.78. The predicted molar refractivity (Wildman–Crippen MR) is 95.8 cm³/mol. The lowest BCUT2D eigenvalue weighted by Crippen LogP contribution is -2.44. The Morgan fingerprint density at radius 3 is 2.50 bits per heavy atom. The Morgan fingerprint density at radius 2 is 2.00 bits per heavy atom. The predicted octanol–water partition coefficient (Wildman–Crippen LogP) is 3.33. The fraction of sp³-hybridized carbons (Fsp3) is 0.733. The topological polar surface area (TPSA) is 45.2 Å². The van der Waals surface area contributed by atoms with Crippen LogP contribution in [0.1, 0.15) is 54.5 Å². The van der Waals surface area contributed by atoms with Crippen molar-refractivity contribution in [2.75, 3.05) is 26.2 Å². The molecule has 1 aromatic heterocycles. The summed E-state index contributed by atoms with van der Waals surface area (Å²) in [5.74, 6) is 0.518. The molecule has 7 heteroatoms. The Kier molecular flexibility index (Phi) is 7.12. The fourth-order valence-electron chi connectivity index (χ4n) is 3.22. The quantitative estimate of drug-likeness (QED) is 0.873. The van der Waals surface area contributed by atoms with Crippen molar-refractivity contribution in [3.8, 4) is 0 Å². The second-order valence-electron chi connectivity index (χ2n) is 6.44. The van der Waals surface area contributed by atoms with E-state index in [1.807, 2.05) is 10.3 Å². The molecule has 2 aliphatic rings. The van der Waals surface area contributed by atoms with Crippen molar-refractivity contribution in [3.05, 3.63) is 16.1 Å². The number of hydrogen-bond acceptors (Lipinski definition) is 4. The van der Waals surface area contributed by atoms with Gasteiger partial charge in [-0.25, -0.2) is 4.98 Å². The normalized spacial score (nSPS) is 19.9. The van der Waals surface area contributed by atoms with Gasteiger partial charge in [-0.3, -0.25) is 4.79 Å². The van der Waals surface area contributed by atoms with E-state index in [-0.39, 0.29) is 30.7 Å². The van der Waals surface area contributed by atoms with Crippen LogP contribution in [0.4, 0.5) is 0 Å². The van der Waals surface area contributed by atoms with E-state index in [0.717, 1.165) is 44.0 Å². The molecule has 0 aliphatic carbocycles. The number of nitrogens with one attached hydrogen (secondary N) is 1. The maximum atomic E-state index is 12.5. The number of nitrogens with zero attached hydrogens (tertiary/aromatic N) is 2. The fourth-order valence-corrected chi connectivity index (χ4v) is 4.03. The number of aromatic nitrogens is 1. The maximum absolute atomic E-state index is 12.5. The smallest absolute Gasteiger partial charge is 0.273 e. The summed E-state index contributed by atoms with van der Waals surface area (Å²) in [7, 11) is 0. The Balaban J connectivity index is 0.00000121. The zero-order chi connectivity index (χ0) is 14.2. The Bertz CT molecular complexity index is 491. The molecule has 0 radical (unpaired) electrons. The molecule has 1 spiro atoms. The molecule has 22 heavy (non-hydrogen) atoms. The van der Waals surface area contributed by atoms with E-state index >= 15 is 0 Å². The molecule has 0 bridgehead atoms. The number of carbonyl (C=O) groups is 1. The van der Waals surface area contributed by atoms with Crippen LogP contribution in [0.15, 0.2) is 5.38 Å². The van der Waals surface area contributed by atoms with Crippen LogP contribution in [0.5, 0.6) is 0 Å². The number of piperidine rings is 1. The molecule has 126 valence electrons. The molecule has 1 aromatic rings. The van der Waals surface area contributed by atoms with E-state index in [9.17, 15) is 4.79 Å². The van der Waals surface area contributed by atoms with Crippen LogP contribution < -0.4 is 5.32 Å². The van der Waals surface area contributed by atoms with Gasteiger partial charge in [-0.2, -0.15) is 0 Å². The largest absolute Gasteiger partial charge is 0.337 e. The van der Waals surface area contributed by atoms with Gasteiger partial charge in [0.2, 0.25) is 0 Å². The first-order valence-electron chi connectivity index (χ1n) is 7.55. The van der Waals surface area contributed by atoms with Gasteiger partial charge in [0, 0.05) is 30.9 Å². The average Bonchev–Trinajstić information content (AvgIpc) is 3.08.